The number of benzene rings is 1. The molecule has 0 spiro atoms. The van der Waals surface area contributed by atoms with E-state index in [9.17, 15) is 13.2 Å². The number of pyridine rings is 2. The number of rotatable bonds is 4. The van der Waals surface area contributed by atoms with Crippen LogP contribution < -0.4 is 4.74 Å². The molecule has 4 aromatic rings. The van der Waals surface area contributed by atoms with Crippen LogP contribution in [0.2, 0.25) is 0 Å². The first-order chi connectivity index (χ1) is 13.0. The molecule has 9 heteroatoms. The number of fused-ring (bicyclic) bond motifs is 1. The van der Waals surface area contributed by atoms with E-state index in [1.807, 2.05) is 24.3 Å². The van der Waals surface area contributed by atoms with Gasteiger partial charge in [0.15, 0.2) is 6.61 Å². The summed E-state index contributed by atoms with van der Waals surface area (Å²) in [4.78, 5) is 12.3. The Labute approximate surface area is 150 Å². The van der Waals surface area contributed by atoms with E-state index in [2.05, 4.69) is 24.8 Å². The van der Waals surface area contributed by atoms with E-state index < -0.39 is 12.8 Å². The van der Waals surface area contributed by atoms with E-state index in [0.29, 0.717) is 11.4 Å². The summed E-state index contributed by atoms with van der Waals surface area (Å²) in [6, 6.07) is 10.3. The average Bonchev–Trinajstić information content (AvgIpc) is 3.16. The van der Waals surface area contributed by atoms with Gasteiger partial charge in [0.2, 0.25) is 11.7 Å². The third-order valence-electron chi connectivity index (χ3n) is 3.71. The first-order valence-corrected chi connectivity index (χ1v) is 7.82. The van der Waals surface area contributed by atoms with Gasteiger partial charge in [-0.15, -0.1) is 0 Å². The van der Waals surface area contributed by atoms with Crippen LogP contribution in [0.5, 0.6) is 5.88 Å². The number of hydrogen-bond acceptors (Lipinski definition) is 6. The van der Waals surface area contributed by atoms with Crippen molar-refractivity contribution in [1.29, 1.82) is 0 Å². The number of alkyl halides is 3. The lowest BCUT2D eigenvalue weighted by molar-refractivity contribution is -0.154. The van der Waals surface area contributed by atoms with E-state index in [1.165, 1.54) is 18.3 Å². The SMILES string of the molecule is FC(F)(F)COc1ccc(-c2nc(-c3cccc4cnccc34)no2)cn1. The van der Waals surface area contributed by atoms with Crippen molar-refractivity contribution in [2.45, 2.75) is 6.18 Å². The molecule has 0 radical (unpaired) electrons. The zero-order valence-electron chi connectivity index (χ0n) is 13.6. The van der Waals surface area contributed by atoms with Crippen LogP contribution in [0.15, 0.2) is 59.5 Å². The van der Waals surface area contributed by atoms with E-state index in [4.69, 9.17) is 4.52 Å². The molecule has 3 heterocycles. The Bertz CT molecular complexity index is 1070. The van der Waals surface area contributed by atoms with Crippen LogP contribution in [0.3, 0.4) is 0 Å². The highest BCUT2D eigenvalue weighted by molar-refractivity contribution is 5.94. The smallest absolute Gasteiger partial charge is 0.422 e. The van der Waals surface area contributed by atoms with Crippen LogP contribution in [0.1, 0.15) is 0 Å². The standard InChI is InChI=1S/C18H11F3N4O2/c19-18(20,21)10-26-15-5-4-12(9-23-15)17-24-16(25-27-17)14-3-1-2-11-8-22-7-6-13(11)14/h1-9H,10H2. The molecule has 4 rings (SSSR count). The fraction of sp³-hybridized carbons (Fsp3) is 0.111. The molecule has 0 unspecified atom stereocenters. The van der Waals surface area contributed by atoms with Gasteiger partial charge in [-0.3, -0.25) is 4.98 Å². The topological polar surface area (TPSA) is 73.9 Å². The summed E-state index contributed by atoms with van der Waals surface area (Å²) in [6.45, 7) is -1.40. The van der Waals surface area contributed by atoms with Gasteiger partial charge in [0.05, 0.1) is 5.56 Å². The van der Waals surface area contributed by atoms with Crippen molar-refractivity contribution in [3.8, 4) is 28.7 Å². The summed E-state index contributed by atoms with van der Waals surface area (Å²) >= 11 is 0. The van der Waals surface area contributed by atoms with E-state index >= 15 is 0 Å². The fourth-order valence-corrected chi connectivity index (χ4v) is 2.52. The highest BCUT2D eigenvalue weighted by Crippen LogP contribution is 2.28. The Balaban J connectivity index is 1.59. The summed E-state index contributed by atoms with van der Waals surface area (Å²) in [5, 5.41) is 5.85. The molecule has 0 aliphatic heterocycles. The molecule has 0 fully saturated rings. The molecule has 0 aliphatic carbocycles. The third kappa shape index (κ3) is 3.71. The van der Waals surface area contributed by atoms with Crippen LogP contribution in [0.25, 0.3) is 33.6 Å². The Hall–Kier alpha value is -3.49. The fourth-order valence-electron chi connectivity index (χ4n) is 2.52. The van der Waals surface area contributed by atoms with E-state index in [1.54, 1.807) is 12.4 Å². The van der Waals surface area contributed by atoms with Crippen molar-refractivity contribution in [2.24, 2.45) is 0 Å². The van der Waals surface area contributed by atoms with Gasteiger partial charge < -0.3 is 9.26 Å². The normalized spacial score (nSPS) is 11.7. The largest absolute Gasteiger partial charge is 0.468 e. The lowest BCUT2D eigenvalue weighted by atomic mass is 10.1. The molecular weight excluding hydrogens is 361 g/mol. The van der Waals surface area contributed by atoms with Gasteiger partial charge in [-0.25, -0.2) is 4.98 Å². The Morgan fingerprint density at radius 2 is 1.93 bits per heavy atom. The van der Waals surface area contributed by atoms with Gasteiger partial charge >= 0.3 is 6.18 Å². The number of hydrogen-bond donors (Lipinski definition) is 0. The van der Waals surface area contributed by atoms with Gasteiger partial charge in [0, 0.05) is 35.6 Å². The predicted octanol–water partition coefficient (Wildman–Crippen LogP) is 4.29. The molecule has 0 saturated carbocycles. The minimum Gasteiger partial charge on any atom is -0.468 e. The second-order valence-corrected chi connectivity index (χ2v) is 5.61. The van der Waals surface area contributed by atoms with Crippen LogP contribution in [-0.4, -0.2) is 32.9 Å². The predicted molar refractivity (Wildman–Crippen MR) is 89.8 cm³/mol. The summed E-state index contributed by atoms with van der Waals surface area (Å²) in [5.74, 6) is 0.447. The van der Waals surface area contributed by atoms with Gasteiger partial charge in [0.1, 0.15) is 0 Å². The van der Waals surface area contributed by atoms with E-state index in [0.717, 1.165) is 16.3 Å². The summed E-state index contributed by atoms with van der Waals surface area (Å²) in [7, 11) is 0. The molecule has 1 aromatic carbocycles. The van der Waals surface area contributed by atoms with Crippen molar-refractivity contribution >= 4 is 10.8 Å². The number of ether oxygens (including phenoxy) is 1. The maximum absolute atomic E-state index is 12.2. The Kier molecular flexibility index (Phi) is 4.19. The van der Waals surface area contributed by atoms with Crippen molar-refractivity contribution in [1.82, 2.24) is 20.1 Å². The summed E-state index contributed by atoms with van der Waals surface area (Å²) < 4.78 is 46.4. The number of aromatic nitrogens is 4. The first kappa shape index (κ1) is 17.0. The molecule has 0 atom stereocenters. The van der Waals surface area contributed by atoms with Gasteiger partial charge in [-0.1, -0.05) is 23.4 Å². The maximum Gasteiger partial charge on any atom is 0.422 e. The second kappa shape index (κ2) is 6.67. The third-order valence-corrected chi connectivity index (χ3v) is 3.71. The van der Waals surface area contributed by atoms with Crippen molar-refractivity contribution < 1.29 is 22.4 Å². The van der Waals surface area contributed by atoms with Gasteiger partial charge in [-0.2, -0.15) is 18.2 Å². The molecule has 3 aromatic heterocycles. The molecule has 0 aliphatic rings. The zero-order chi connectivity index (χ0) is 18.9. The average molecular weight is 372 g/mol. The van der Waals surface area contributed by atoms with Crippen LogP contribution in [0.4, 0.5) is 13.2 Å². The molecule has 136 valence electrons. The summed E-state index contributed by atoms with van der Waals surface area (Å²) in [6.07, 6.45) is 0.311. The highest BCUT2D eigenvalue weighted by Gasteiger charge is 2.28. The van der Waals surface area contributed by atoms with Crippen LogP contribution in [-0.2, 0) is 0 Å². The Morgan fingerprint density at radius 1 is 1.04 bits per heavy atom. The maximum atomic E-state index is 12.2. The van der Waals surface area contributed by atoms with Crippen molar-refractivity contribution in [2.75, 3.05) is 6.61 Å². The monoisotopic (exact) mass is 372 g/mol. The van der Waals surface area contributed by atoms with Crippen LogP contribution in [0, 0.1) is 0 Å². The second-order valence-electron chi connectivity index (χ2n) is 5.61. The summed E-state index contributed by atoms with van der Waals surface area (Å²) in [5.41, 5.74) is 1.25. The molecular formula is C18H11F3N4O2. The number of nitrogens with zero attached hydrogens (tertiary/aromatic N) is 4. The highest BCUT2D eigenvalue weighted by atomic mass is 19.4. The minimum absolute atomic E-state index is 0.141. The first-order valence-electron chi connectivity index (χ1n) is 7.82. The van der Waals surface area contributed by atoms with Crippen molar-refractivity contribution in [3.63, 3.8) is 0 Å². The molecule has 0 bridgehead atoms. The lowest BCUT2D eigenvalue weighted by Gasteiger charge is -2.07. The lowest BCUT2D eigenvalue weighted by Crippen LogP contribution is -2.19. The zero-order valence-corrected chi connectivity index (χ0v) is 13.6. The molecule has 0 N–H and O–H groups in total. The van der Waals surface area contributed by atoms with Gasteiger partial charge in [-0.05, 0) is 17.5 Å². The molecule has 6 nitrogen and oxygen atoms in total. The molecule has 27 heavy (non-hydrogen) atoms. The minimum atomic E-state index is -4.42. The molecule has 0 saturated heterocycles. The Morgan fingerprint density at radius 3 is 2.70 bits per heavy atom. The van der Waals surface area contributed by atoms with Gasteiger partial charge in [0.25, 0.3) is 5.89 Å². The van der Waals surface area contributed by atoms with Crippen LogP contribution >= 0.6 is 0 Å². The quantitative estimate of drug-likeness (QED) is 0.532. The molecule has 0 amide bonds. The van der Waals surface area contributed by atoms with Crippen molar-refractivity contribution in [3.05, 3.63) is 55.0 Å². The van der Waals surface area contributed by atoms with E-state index in [-0.39, 0.29) is 11.8 Å². The number of halogens is 3.